The van der Waals surface area contributed by atoms with Crippen molar-refractivity contribution in [1.82, 2.24) is 9.03 Å². The summed E-state index contributed by atoms with van der Waals surface area (Å²) >= 11 is 0. The zero-order chi connectivity index (χ0) is 30.1. The summed E-state index contributed by atoms with van der Waals surface area (Å²) in [7, 11) is -3.00. The molecule has 12 heteroatoms. The Morgan fingerprint density at radius 1 is 1.10 bits per heavy atom. The number of halogens is 2. The molecule has 0 amide bonds. The lowest BCUT2D eigenvalue weighted by molar-refractivity contribution is -0.226. The van der Waals surface area contributed by atoms with E-state index in [9.17, 15) is 12.6 Å². The monoisotopic (exact) mass is 602 g/mol. The summed E-state index contributed by atoms with van der Waals surface area (Å²) < 4.78 is 90.8. The zero-order valence-electron chi connectivity index (χ0n) is 24.3. The number of benzene rings is 2. The minimum atomic E-state index is -4.10. The summed E-state index contributed by atoms with van der Waals surface area (Å²) in [5, 5.41) is 0. The van der Waals surface area contributed by atoms with Gasteiger partial charge in [0, 0.05) is 30.1 Å². The van der Waals surface area contributed by atoms with Gasteiger partial charge in [-0.3, -0.25) is 0 Å². The average molecular weight is 603 g/mol. The van der Waals surface area contributed by atoms with Gasteiger partial charge in [-0.2, -0.15) is 0 Å². The number of sulfonamides is 1. The molecule has 0 radical (unpaired) electrons. The smallest absolute Gasteiger partial charge is 0.216 e. The van der Waals surface area contributed by atoms with Crippen molar-refractivity contribution in [1.29, 1.82) is 0 Å². The van der Waals surface area contributed by atoms with E-state index in [4.69, 9.17) is 14.2 Å². The van der Waals surface area contributed by atoms with Gasteiger partial charge in [-0.25, -0.2) is 30.4 Å². The van der Waals surface area contributed by atoms with Gasteiger partial charge in [0.25, 0.3) is 0 Å². The fourth-order valence-corrected chi connectivity index (χ4v) is 6.63. The molecule has 0 unspecified atom stereocenters. The van der Waals surface area contributed by atoms with E-state index in [0.29, 0.717) is 24.5 Å². The van der Waals surface area contributed by atoms with Gasteiger partial charge in [-0.15, -0.1) is 0 Å². The normalized spacial score (nSPS) is 18.9. The predicted octanol–water partition coefficient (Wildman–Crippen LogP) is 4.77. The summed E-state index contributed by atoms with van der Waals surface area (Å²) in [6.07, 6.45) is -0.964. The number of hydrogen-bond acceptors (Lipinski definition) is 6. The first kappa shape index (κ1) is 32.6. The SMILES string of the molecule is COc1ccc(CN(C)S(=O)(=O)C[C@](C)(N[S@](=O)C(C)(C)C)c2cc(C3OCC(C)(C)CO3)cc(F)c2F)cc1. The van der Waals surface area contributed by atoms with Gasteiger partial charge in [0.05, 0.1) is 47.3 Å². The molecule has 1 aliphatic rings. The van der Waals surface area contributed by atoms with Crippen LogP contribution in [0.3, 0.4) is 0 Å². The van der Waals surface area contributed by atoms with Crippen LogP contribution in [0.4, 0.5) is 8.78 Å². The predicted molar refractivity (Wildman–Crippen MR) is 151 cm³/mol. The van der Waals surface area contributed by atoms with Crippen LogP contribution in [0.5, 0.6) is 5.75 Å². The Hall–Kier alpha value is -1.96. The second kappa shape index (κ2) is 12.1. The van der Waals surface area contributed by atoms with E-state index in [0.717, 1.165) is 10.4 Å². The van der Waals surface area contributed by atoms with Crippen molar-refractivity contribution in [3.8, 4) is 5.75 Å². The molecular formula is C28H40F2N2O6S2. The molecule has 0 bridgehead atoms. The Morgan fingerprint density at radius 3 is 2.20 bits per heavy atom. The van der Waals surface area contributed by atoms with Crippen molar-refractivity contribution in [3.05, 3.63) is 64.7 Å². The second-order valence-electron chi connectivity index (χ2n) is 12.2. The molecule has 0 saturated carbocycles. The quantitative estimate of drug-likeness (QED) is 0.421. The van der Waals surface area contributed by atoms with Gasteiger partial charge in [-0.05, 0) is 57.5 Å². The third-order valence-corrected chi connectivity index (χ3v) is 10.3. The molecule has 0 aliphatic carbocycles. The number of rotatable bonds is 10. The molecule has 0 aromatic heterocycles. The van der Waals surface area contributed by atoms with Crippen LogP contribution < -0.4 is 9.46 Å². The zero-order valence-corrected chi connectivity index (χ0v) is 26.0. The van der Waals surface area contributed by atoms with Crippen LogP contribution >= 0.6 is 0 Å². The Balaban J connectivity index is 2.01. The molecule has 1 fully saturated rings. The maximum atomic E-state index is 15.5. The van der Waals surface area contributed by atoms with Crippen molar-refractivity contribution >= 4 is 21.0 Å². The van der Waals surface area contributed by atoms with Crippen molar-refractivity contribution < 1.29 is 35.6 Å². The van der Waals surface area contributed by atoms with Crippen molar-refractivity contribution in [2.24, 2.45) is 5.41 Å². The summed E-state index contributed by atoms with van der Waals surface area (Å²) in [6.45, 7) is 11.1. The second-order valence-corrected chi connectivity index (χ2v) is 16.2. The van der Waals surface area contributed by atoms with Gasteiger partial charge in [-0.1, -0.05) is 26.0 Å². The fourth-order valence-electron chi connectivity index (χ4n) is 4.11. The number of hydrogen-bond donors (Lipinski definition) is 1. The summed E-state index contributed by atoms with van der Waals surface area (Å²) in [5.74, 6) is -2.51. The molecule has 224 valence electrons. The number of nitrogens with zero attached hydrogens (tertiary/aromatic N) is 1. The summed E-state index contributed by atoms with van der Waals surface area (Å²) in [6, 6.07) is 9.21. The van der Waals surface area contributed by atoms with Crippen LogP contribution in [0.2, 0.25) is 0 Å². The summed E-state index contributed by atoms with van der Waals surface area (Å²) in [4.78, 5) is 0. The van der Waals surface area contributed by atoms with Crippen LogP contribution in [-0.2, 0) is 42.6 Å². The van der Waals surface area contributed by atoms with Crippen molar-refractivity contribution in [2.45, 2.75) is 64.7 Å². The molecule has 3 rings (SSSR count). The van der Waals surface area contributed by atoms with Gasteiger partial charge in [0.2, 0.25) is 10.0 Å². The Morgan fingerprint density at radius 2 is 1.68 bits per heavy atom. The highest BCUT2D eigenvalue weighted by molar-refractivity contribution is 7.89. The van der Waals surface area contributed by atoms with Crippen LogP contribution in [0, 0.1) is 17.0 Å². The molecule has 2 atom stereocenters. The van der Waals surface area contributed by atoms with E-state index < -0.39 is 55.0 Å². The number of nitrogens with one attached hydrogen (secondary N) is 1. The van der Waals surface area contributed by atoms with E-state index >= 15 is 8.78 Å². The molecule has 2 aromatic carbocycles. The lowest BCUT2D eigenvalue weighted by Crippen LogP contribution is -2.52. The van der Waals surface area contributed by atoms with E-state index in [-0.39, 0.29) is 23.1 Å². The first-order valence-electron chi connectivity index (χ1n) is 12.9. The highest BCUT2D eigenvalue weighted by atomic mass is 32.2. The Kier molecular flexibility index (Phi) is 9.85. The van der Waals surface area contributed by atoms with Crippen LogP contribution in [0.25, 0.3) is 0 Å². The standard InChI is InChI=1S/C28H40F2N2O6S2/c1-26(2,3)39(33)31-28(6,18-40(34,35)32(7)15-19-9-11-21(36-8)12-10-19)22-13-20(14-23(29)24(22)30)25-37-16-27(4,5)17-38-25/h9-14,25,31H,15-18H2,1-8H3/t28-,39+/m0/s1. The average Bonchev–Trinajstić information content (AvgIpc) is 2.85. The van der Waals surface area contributed by atoms with Crippen LogP contribution in [-0.4, -0.2) is 54.8 Å². The minimum Gasteiger partial charge on any atom is -0.497 e. The van der Waals surface area contributed by atoms with Gasteiger partial charge < -0.3 is 14.2 Å². The van der Waals surface area contributed by atoms with E-state index in [1.807, 2.05) is 13.8 Å². The first-order valence-corrected chi connectivity index (χ1v) is 15.6. The van der Waals surface area contributed by atoms with Gasteiger partial charge in [0.1, 0.15) is 5.75 Å². The molecule has 1 heterocycles. The molecule has 0 spiro atoms. The molecule has 1 saturated heterocycles. The lowest BCUT2D eigenvalue weighted by Gasteiger charge is -2.37. The molecular weight excluding hydrogens is 562 g/mol. The number of ether oxygens (including phenoxy) is 3. The molecule has 1 aliphatic heterocycles. The Bertz CT molecular complexity index is 1320. The Labute approximate surface area is 239 Å². The maximum Gasteiger partial charge on any atom is 0.216 e. The lowest BCUT2D eigenvalue weighted by atomic mass is 9.92. The topological polar surface area (TPSA) is 94.2 Å². The van der Waals surface area contributed by atoms with Crippen molar-refractivity contribution in [2.75, 3.05) is 33.1 Å². The molecule has 1 N–H and O–H groups in total. The van der Waals surface area contributed by atoms with Crippen LogP contribution in [0.15, 0.2) is 36.4 Å². The molecule has 2 aromatic rings. The minimum absolute atomic E-state index is 0.0290. The van der Waals surface area contributed by atoms with E-state index in [1.165, 1.54) is 27.1 Å². The molecule has 40 heavy (non-hydrogen) atoms. The fraction of sp³-hybridized carbons (Fsp3) is 0.571. The molecule has 8 nitrogen and oxygen atoms in total. The van der Waals surface area contributed by atoms with Gasteiger partial charge >= 0.3 is 0 Å². The van der Waals surface area contributed by atoms with E-state index in [1.54, 1.807) is 45.0 Å². The highest BCUT2D eigenvalue weighted by Crippen LogP contribution is 2.36. The maximum absolute atomic E-state index is 15.5. The summed E-state index contributed by atoms with van der Waals surface area (Å²) in [5.41, 5.74) is -1.43. The number of methoxy groups -OCH3 is 1. The van der Waals surface area contributed by atoms with Crippen LogP contribution in [0.1, 0.15) is 64.5 Å². The van der Waals surface area contributed by atoms with E-state index in [2.05, 4.69) is 4.72 Å². The first-order chi connectivity index (χ1) is 18.4. The highest BCUT2D eigenvalue weighted by Gasteiger charge is 2.41. The van der Waals surface area contributed by atoms with Crippen molar-refractivity contribution in [3.63, 3.8) is 0 Å². The van der Waals surface area contributed by atoms with Gasteiger partial charge in [0.15, 0.2) is 17.9 Å². The largest absolute Gasteiger partial charge is 0.497 e. The third-order valence-electron chi connectivity index (χ3n) is 6.55. The third kappa shape index (κ3) is 7.86.